The van der Waals surface area contributed by atoms with Crippen molar-refractivity contribution < 1.29 is 14.2 Å². The molecule has 2 fully saturated rings. The highest BCUT2D eigenvalue weighted by molar-refractivity contribution is 5.30. The van der Waals surface area contributed by atoms with Gasteiger partial charge in [-0.1, -0.05) is 12.1 Å². The van der Waals surface area contributed by atoms with Gasteiger partial charge in [0.25, 0.3) is 0 Å². The number of hydrogen-bond acceptors (Lipinski definition) is 3. The van der Waals surface area contributed by atoms with Gasteiger partial charge in [-0.15, -0.1) is 0 Å². The van der Waals surface area contributed by atoms with Gasteiger partial charge in [-0.25, -0.2) is 0 Å². The molecule has 0 radical (unpaired) electrons. The number of fused-ring (bicyclic) bond motifs is 1. The third-order valence-electron chi connectivity index (χ3n) is 2.80. The van der Waals surface area contributed by atoms with E-state index in [-0.39, 0.29) is 6.10 Å². The van der Waals surface area contributed by atoms with Gasteiger partial charge in [0.05, 0.1) is 13.7 Å². The minimum atomic E-state index is 0.130. The van der Waals surface area contributed by atoms with E-state index < -0.39 is 0 Å². The van der Waals surface area contributed by atoms with E-state index in [0.717, 1.165) is 12.4 Å². The first-order valence-electron chi connectivity index (χ1n) is 4.79. The standard InChI is InChI=1S/C11H12O3/c1-12-8-4-2-7(3-5-8)10-11-9(14-11)6-13-10/h2-5,9-11H,6H2,1H3/t9-,10-,11-/m1/s1. The molecule has 2 saturated heterocycles. The van der Waals surface area contributed by atoms with Gasteiger partial charge in [0.15, 0.2) is 0 Å². The number of rotatable bonds is 2. The number of benzene rings is 1. The van der Waals surface area contributed by atoms with Crippen LogP contribution in [-0.2, 0) is 9.47 Å². The zero-order chi connectivity index (χ0) is 9.54. The van der Waals surface area contributed by atoms with Crippen molar-refractivity contribution in [1.29, 1.82) is 0 Å². The molecule has 0 unspecified atom stereocenters. The van der Waals surface area contributed by atoms with Crippen LogP contribution >= 0.6 is 0 Å². The summed E-state index contributed by atoms with van der Waals surface area (Å²) in [5.74, 6) is 0.875. The van der Waals surface area contributed by atoms with E-state index in [4.69, 9.17) is 14.2 Å². The van der Waals surface area contributed by atoms with Crippen LogP contribution in [0.15, 0.2) is 24.3 Å². The first-order chi connectivity index (χ1) is 6.88. The Bertz CT molecular complexity index is 333. The molecule has 0 saturated carbocycles. The minimum absolute atomic E-state index is 0.130. The summed E-state index contributed by atoms with van der Waals surface area (Å²) in [7, 11) is 1.67. The maximum Gasteiger partial charge on any atom is 0.118 e. The Hall–Kier alpha value is -1.06. The van der Waals surface area contributed by atoms with Crippen LogP contribution in [-0.4, -0.2) is 25.9 Å². The number of epoxide rings is 1. The second-order valence-corrected chi connectivity index (χ2v) is 3.67. The monoisotopic (exact) mass is 192 g/mol. The Morgan fingerprint density at radius 1 is 1.29 bits per heavy atom. The highest BCUT2D eigenvalue weighted by atomic mass is 16.7. The maximum absolute atomic E-state index is 5.61. The molecule has 0 aromatic heterocycles. The summed E-state index contributed by atoms with van der Waals surface area (Å²) < 4.78 is 16.1. The van der Waals surface area contributed by atoms with Crippen molar-refractivity contribution in [2.24, 2.45) is 0 Å². The molecule has 2 aliphatic rings. The average molecular weight is 192 g/mol. The fraction of sp³-hybridized carbons (Fsp3) is 0.455. The minimum Gasteiger partial charge on any atom is -0.497 e. The first-order valence-corrected chi connectivity index (χ1v) is 4.79. The van der Waals surface area contributed by atoms with E-state index in [0.29, 0.717) is 12.2 Å². The molecule has 1 aromatic carbocycles. The van der Waals surface area contributed by atoms with Gasteiger partial charge < -0.3 is 14.2 Å². The molecule has 3 rings (SSSR count). The molecule has 1 aromatic rings. The lowest BCUT2D eigenvalue weighted by atomic mass is 10.1. The lowest BCUT2D eigenvalue weighted by Gasteiger charge is -2.11. The molecule has 0 amide bonds. The smallest absolute Gasteiger partial charge is 0.118 e. The van der Waals surface area contributed by atoms with Crippen LogP contribution in [0.2, 0.25) is 0 Å². The zero-order valence-electron chi connectivity index (χ0n) is 7.97. The fourth-order valence-electron chi connectivity index (χ4n) is 1.93. The number of hydrogen-bond donors (Lipinski definition) is 0. The summed E-state index contributed by atoms with van der Waals surface area (Å²) >= 11 is 0. The van der Waals surface area contributed by atoms with E-state index in [1.165, 1.54) is 5.56 Å². The van der Waals surface area contributed by atoms with Crippen LogP contribution in [0.5, 0.6) is 5.75 Å². The molecular formula is C11H12O3. The summed E-state index contributed by atoms with van der Waals surface area (Å²) in [5.41, 5.74) is 1.18. The molecule has 14 heavy (non-hydrogen) atoms. The van der Waals surface area contributed by atoms with Crippen LogP contribution in [0.25, 0.3) is 0 Å². The van der Waals surface area contributed by atoms with Crippen LogP contribution < -0.4 is 4.74 Å². The van der Waals surface area contributed by atoms with Gasteiger partial charge >= 0.3 is 0 Å². The predicted molar refractivity (Wildman–Crippen MR) is 50.3 cm³/mol. The van der Waals surface area contributed by atoms with Gasteiger partial charge in [0.2, 0.25) is 0 Å². The number of methoxy groups -OCH3 is 1. The van der Waals surface area contributed by atoms with Crippen LogP contribution in [0.1, 0.15) is 11.7 Å². The molecule has 2 heterocycles. The van der Waals surface area contributed by atoms with E-state index in [9.17, 15) is 0 Å². The summed E-state index contributed by atoms with van der Waals surface area (Å²) in [4.78, 5) is 0. The molecule has 3 heteroatoms. The predicted octanol–water partition coefficient (Wildman–Crippen LogP) is 1.53. The normalized spacial score (nSPS) is 33.9. The summed E-state index contributed by atoms with van der Waals surface area (Å²) in [6.45, 7) is 0.737. The van der Waals surface area contributed by atoms with Crippen molar-refractivity contribution in [3.05, 3.63) is 29.8 Å². The summed E-state index contributed by atoms with van der Waals surface area (Å²) in [6, 6.07) is 7.98. The van der Waals surface area contributed by atoms with Gasteiger partial charge in [-0.05, 0) is 17.7 Å². The highest BCUT2D eigenvalue weighted by Crippen LogP contribution is 2.43. The number of ether oxygens (including phenoxy) is 3. The third kappa shape index (κ3) is 1.21. The van der Waals surface area contributed by atoms with Crippen molar-refractivity contribution in [3.63, 3.8) is 0 Å². The highest BCUT2D eigenvalue weighted by Gasteiger charge is 2.52. The van der Waals surface area contributed by atoms with Crippen molar-refractivity contribution in [3.8, 4) is 5.75 Å². The molecular weight excluding hydrogens is 180 g/mol. The van der Waals surface area contributed by atoms with Gasteiger partial charge in [-0.2, -0.15) is 0 Å². The van der Waals surface area contributed by atoms with E-state index in [1.807, 2.05) is 24.3 Å². The Morgan fingerprint density at radius 2 is 2.07 bits per heavy atom. The molecule has 74 valence electrons. The average Bonchev–Trinajstić information content (AvgIpc) is 2.91. The molecule has 0 aliphatic carbocycles. The Labute approximate surface area is 82.6 Å². The lowest BCUT2D eigenvalue weighted by molar-refractivity contribution is 0.0282. The van der Waals surface area contributed by atoms with Crippen molar-refractivity contribution in [2.75, 3.05) is 13.7 Å². The van der Waals surface area contributed by atoms with Gasteiger partial charge in [0.1, 0.15) is 24.1 Å². The van der Waals surface area contributed by atoms with Crippen LogP contribution in [0, 0.1) is 0 Å². The third-order valence-corrected chi connectivity index (χ3v) is 2.80. The van der Waals surface area contributed by atoms with Crippen LogP contribution in [0.3, 0.4) is 0 Å². The van der Waals surface area contributed by atoms with Crippen molar-refractivity contribution in [1.82, 2.24) is 0 Å². The molecule has 0 N–H and O–H groups in total. The van der Waals surface area contributed by atoms with E-state index in [2.05, 4.69) is 0 Å². The molecule has 3 nitrogen and oxygen atoms in total. The fourth-order valence-corrected chi connectivity index (χ4v) is 1.93. The first kappa shape index (κ1) is 8.26. The van der Waals surface area contributed by atoms with E-state index in [1.54, 1.807) is 7.11 Å². The van der Waals surface area contributed by atoms with Crippen molar-refractivity contribution >= 4 is 0 Å². The van der Waals surface area contributed by atoms with Gasteiger partial charge in [0, 0.05) is 0 Å². The Morgan fingerprint density at radius 3 is 2.57 bits per heavy atom. The maximum atomic E-state index is 5.61. The SMILES string of the molecule is COc1ccc([C@H]2OC[C@H]3O[C@@H]23)cc1. The quantitative estimate of drug-likeness (QED) is 0.666. The summed E-state index contributed by atoms with van der Waals surface area (Å²) in [6.07, 6.45) is 0.774. The molecule has 3 atom stereocenters. The van der Waals surface area contributed by atoms with Crippen LogP contribution in [0.4, 0.5) is 0 Å². The lowest BCUT2D eigenvalue weighted by Crippen LogP contribution is -2.04. The Balaban J connectivity index is 1.82. The Kier molecular flexibility index (Phi) is 1.75. The second-order valence-electron chi connectivity index (χ2n) is 3.67. The van der Waals surface area contributed by atoms with E-state index >= 15 is 0 Å². The molecule has 0 spiro atoms. The van der Waals surface area contributed by atoms with Gasteiger partial charge in [-0.3, -0.25) is 0 Å². The molecule has 2 aliphatic heterocycles. The second kappa shape index (κ2) is 2.97. The zero-order valence-corrected chi connectivity index (χ0v) is 7.97. The summed E-state index contributed by atoms with van der Waals surface area (Å²) in [5, 5.41) is 0. The largest absolute Gasteiger partial charge is 0.497 e. The molecule has 0 bridgehead atoms. The topological polar surface area (TPSA) is 31.0 Å². The van der Waals surface area contributed by atoms with Crippen molar-refractivity contribution in [2.45, 2.75) is 18.3 Å².